The summed E-state index contributed by atoms with van der Waals surface area (Å²) in [5.74, 6) is 0.666. The van der Waals surface area contributed by atoms with Gasteiger partial charge in [-0.2, -0.15) is 0 Å². The Morgan fingerprint density at radius 2 is 1.58 bits per heavy atom. The summed E-state index contributed by atoms with van der Waals surface area (Å²) in [7, 11) is 0. The van der Waals surface area contributed by atoms with Gasteiger partial charge in [-0.05, 0) is 49.4 Å². The van der Waals surface area contributed by atoms with Crippen molar-refractivity contribution in [3.8, 4) is 23.0 Å². The van der Waals surface area contributed by atoms with Crippen LogP contribution in [0.25, 0.3) is 11.0 Å². The minimum atomic E-state index is -0.778. The number of nitro benzene ring substituents is 2. The summed E-state index contributed by atoms with van der Waals surface area (Å²) in [6, 6.07) is 14.3. The van der Waals surface area contributed by atoms with Gasteiger partial charge in [0.1, 0.15) is 22.8 Å². The van der Waals surface area contributed by atoms with Crippen LogP contribution in [0.15, 0.2) is 74.3 Å². The van der Waals surface area contributed by atoms with Crippen molar-refractivity contribution < 1.29 is 23.7 Å². The van der Waals surface area contributed by atoms with Gasteiger partial charge in [-0.3, -0.25) is 25.0 Å². The van der Waals surface area contributed by atoms with Crippen LogP contribution < -0.4 is 14.9 Å². The lowest BCUT2D eigenvalue weighted by Gasteiger charge is -2.10. The van der Waals surface area contributed by atoms with Crippen molar-refractivity contribution in [2.75, 3.05) is 0 Å². The van der Waals surface area contributed by atoms with Crippen LogP contribution in [-0.4, -0.2) is 9.85 Å². The predicted octanol–water partition coefficient (Wildman–Crippen LogP) is 6.26. The number of rotatable bonds is 6. The number of ether oxygens (including phenoxy) is 2. The summed E-state index contributed by atoms with van der Waals surface area (Å²) in [6.07, 6.45) is 0. The van der Waals surface area contributed by atoms with E-state index >= 15 is 0 Å². The fraction of sp³-hybridized carbons (Fsp3) is 0.0455. The minimum absolute atomic E-state index is 0.0319. The van der Waals surface area contributed by atoms with Crippen molar-refractivity contribution in [2.24, 2.45) is 0 Å². The molecule has 4 rings (SSSR count). The van der Waals surface area contributed by atoms with Crippen LogP contribution in [0.1, 0.15) is 5.76 Å². The van der Waals surface area contributed by atoms with Gasteiger partial charge in [-0.1, -0.05) is 15.9 Å². The van der Waals surface area contributed by atoms with Gasteiger partial charge in [0, 0.05) is 16.6 Å². The minimum Gasteiger partial charge on any atom is -0.457 e. The van der Waals surface area contributed by atoms with Crippen LogP contribution in [-0.2, 0) is 0 Å². The molecule has 33 heavy (non-hydrogen) atoms. The third-order valence-corrected chi connectivity index (χ3v) is 5.13. The first-order valence-corrected chi connectivity index (χ1v) is 10.1. The molecule has 10 nitrogen and oxygen atoms in total. The highest BCUT2D eigenvalue weighted by Crippen LogP contribution is 2.35. The summed E-state index contributed by atoms with van der Waals surface area (Å²) < 4.78 is 17.9. The van der Waals surface area contributed by atoms with E-state index in [9.17, 15) is 25.0 Å². The van der Waals surface area contributed by atoms with Gasteiger partial charge in [0.2, 0.25) is 16.9 Å². The van der Waals surface area contributed by atoms with Crippen LogP contribution >= 0.6 is 15.9 Å². The van der Waals surface area contributed by atoms with Gasteiger partial charge in [0.25, 0.3) is 5.69 Å². The van der Waals surface area contributed by atoms with E-state index in [0.29, 0.717) is 5.75 Å². The fourth-order valence-corrected chi connectivity index (χ4v) is 3.31. The van der Waals surface area contributed by atoms with Crippen LogP contribution in [0.5, 0.6) is 23.0 Å². The number of hydrogen-bond donors (Lipinski definition) is 0. The van der Waals surface area contributed by atoms with Gasteiger partial charge in [0.05, 0.1) is 21.3 Å². The van der Waals surface area contributed by atoms with Crippen molar-refractivity contribution in [1.29, 1.82) is 0 Å². The zero-order valence-electron chi connectivity index (χ0n) is 16.8. The lowest BCUT2D eigenvalue weighted by molar-refractivity contribution is -0.394. The highest BCUT2D eigenvalue weighted by molar-refractivity contribution is 9.10. The largest absolute Gasteiger partial charge is 0.457 e. The van der Waals surface area contributed by atoms with E-state index in [-0.39, 0.29) is 34.0 Å². The maximum atomic E-state index is 12.9. The Balaban J connectivity index is 1.69. The van der Waals surface area contributed by atoms with Crippen LogP contribution in [0, 0.1) is 27.2 Å². The molecule has 0 aliphatic rings. The van der Waals surface area contributed by atoms with Gasteiger partial charge in [0.15, 0.2) is 0 Å². The monoisotopic (exact) mass is 512 g/mol. The molecule has 166 valence electrons. The van der Waals surface area contributed by atoms with E-state index in [4.69, 9.17) is 13.9 Å². The number of non-ortho nitro benzene ring substituents is 1. The molecule has 1 aromatic heterocycles. The molecule has 0 atom stereocenters. The molecule has 0 spiro atoms. The average Bonchev–Trinajstić information content (AvgIpc) is 2.77. The maximum Gasteiger partial charge on any atom is 0.318 e. The number of hydrogen-bond acceptors (Lipinski definition) is 8. The number of fused-ring (bicyclic) bond motifs is 1. The molecule has 1 heterocycles. The molecule has 0 saturated carbocycles. The Kier molecular flexibility index (Phi) is 5.80. The highest BCUT2D eigenvalue weighted by atomic mass is 79.9. The third kappa shape index (κ3) is 4.53. The maximum absolute atomic E-state index is 12.9. The zero-order chi connectivity index (χ0) is 23.7. The molecule has 4 aromatic rings. The number of nitrogens with zero attached hydrogens (tertiary/aromatic N) is 2. The first-order chi connectivity index (χ1) is 15.7. The Morgan fingerprint density at radius 1 is 0.879 bits per heavy atom. The molecular formula is C22H13BrN2O8. The quantitative estimate of drug-likeness (QED) is 0.218. The average molecular weight is 513 g/mol. The van der Waals surface area contributed by atoms with Crippen molar-refractivity contribution in [3.05, 3.63) is 101 Å². The summed E-state index contributed by atoms with van der Waals surface area (Å²) in [5, 5.41) is 22.4. The molecule has 0 aliphatic heterocycles. The normalized spacial score (nSPS) is 10.7. The number of halogens is 1. The fourth-order valence-electron chi connectivity index (χ4n) is 3.05. The van der Waals surface area contributed by atoms with E-state index in [1.54, 1.807) is 31.2 Å². The Hall–Kier alpha value is -4.25. The highest BCUT2D eigenvalue weighted by Gasteiger charge is 2.22. The molecular weight excluding hydrogens is 500 g/mol. The molecule has 0 unspecified atom stereocenters. The van der Waals surface area contributed by atoms with E-state index in [1.807, 2.05) is 0 Å². The second-order valence-electron chi connectivity index (χ2n) is 6.80. The van der Waals surface area contributed by atoms with Crippen molar-refractivity contribution >= 4 is 38.3 Å². The molecule has 0 saturated heterocycles. The first-order valence-electron chi connectivity index (χ1n) is 9.34. The third-order valence-electron chi connectivity index (χ3n) is 4.60. The molecule has 0 radical (unpaired) electrons. The standard InChI is InChI=1S/C22H13BrN2O8/c1-12-22(33-15-5-2-13(23)3-6-15)21(26)17-8-7-16(11-20(17)31-12)32-19-9-4-14(24(27)28)10-18(19)25(29)30/h2-11H,1H3. The van der Waals surface area contributed by atoms with Crippen LogP contribution in [0.4, 0.5) is 11.4 Å². The lowest BCUT2D eigenvalue weighted by Crippen LogP contribution is -2.07. The summed E-state index contributed by atoms with van der Waals surface area (Å²) in [5.41, 5.74) is -1.22. The van der Waals surface area contributed by atoms with Gasteiger partial charge < -0.3 is 13.9 Å². The second-order valence-corrected chi connectivity index (χ2v) is 7.71. The number of benzene rings is 3. The van der Waals surface area contributed by atoms with Crippen molar-refractivity contribution in [3.63, 3.8) is 0 Å². The molecule has 0 bridgehead atoms. The van der Waals surface area contributed by atoms with E-state index in [0.717, 1.165) is 22.7 Å². The zero-order valence-corrected chi connectivity index (χ0v) is 18.4. The van der Waals surface area contributed by atoms with E-state index in [2.05, 4.69) is 15.9 Å². The molecule has 0 aliphatic carbocycles. The molecule has 11 heteroatoms. The van der Waals surface area contributed by atoms with Crippen molar-refractivity contribution in [1.82, 2.24) is 0 Å². The van der Waals surface area contributed by atoms with E-state index < -0.39 is 26.7 Å². The van der Waals surface area contributed by atoms with E-state index in [1.165, 1.54) is 18.2 Å². The first kappa shape index (κ1) is 22.0. The van der Waals surface area contributed by atoms with Gasteiger partial charge in [-0.25, -0.2) is 0 Å². The summed E-state index contributed by atoms with van der Waals surface area (Å²) in [4.78, 5) is 33.7. The van der Waals surface area contributed by atoms with Gasteiger partial charge in [-0.15, -0.1) is 0 Å². The topological polar surface area (TPSA) is 135 Å². The Labute approximate surface area is 193 Å². The van der Waals surface area contributed by atoms with Crippen LogP contribution in [0.3, 0.4) is 0 Å². The number of aryl methyl sites for hydroxylation is 1. The van der Waals surface area contributed by atoms with Crippen LogP contribution in [0.2, 0.25) is 0 Å². The Bertz CT molecular complexity index is 1460. The molecule has 0 fully saturated rings. The molecule has 3 aromatic carbocycles. The smallest absolute Gasteiger partial charge is 0.318 e. The van der Waals surface area contributed by atoms with Gasteiger partial charge >= 0.3 is 5.69 Å². The molecule has 0 amide bonds. The summed E-state index contributed by atoms with van der Waals surface area (Å²) in [6.45, 7) is 1.57. The lowest BCUT2D eigenvalue weighted by atomic mass is 10.2. The van der Waals surface area contributed by atoms with Crippen molar-refractivity contribution in [2.45, 2.75) is 6.92 Å². The predicted molar refractivity (Wildman–Crippen MR) is 121 cm³/mol. The second kappa shape index (κ2) is 8.71. The Morgan fingerprint density at radius 3 is 2.24 bits per heavy atom. The SMILES string of the molecule is Cc1oc2cc(Oc3ccc([N+](=O)[O-])cc3[N+](=O)[O-])ccc2c(=O)c1Oc1ccc(Br)cc1. The summed E-state index contributed by atoms with van der Waals surface area (Å²) >= 11 is 3.33. The number of nitro groups is 2. The molecule has 0 N–H and O–H groups in total.